The monoisotopic (exact) mass is 595 g/mol. The van der Waals surface area contributed by atoms with Gasteiger partial charge in [0.15, 0.2) is 0 Å². The van der Waals surface area contributed by atoms with E-state index in [2.05, 4.69) is 4.98 Å². The number of benzene rings is 6. The van der Waals surface area contributed by atoms with E-state index in [4.69, 9.17) is 20.6 Å². The zero-order valence-electron chi connectivity index (χ0n) is 43.7. The number of aromatic nitrogens is 4. The molecule has 0 bridgehead atoms. The molecule has 0 unspecified atom stereocenters. The van der Waals surface area contributed by atoms with E-state index in [1.807, 2.05) is 0 Å². The Bertz CT molecular complexity index is 3870. The summed E-state index contributed by atoms with van der Waals surface area (Å²) in [4.78, 5) is 4.36. The minimum Gasteiger partial charge on any atom is -0.309 e. The number of fused-ring (bicyclic) bond motifs is 9. The second-order valence-electron chi connectivity index (χ2n) is 10.1. The number of hydrogen-bond acceptors (Lipinski definition) is 1. The number of para-hydroxylation sites is 5. The Labute approximate surface area is 288 Å². The van der Waals surface area contributed by atoms with E-state index in [0.29, 0.717) is 0 Å². The summed E-state index contributed by atoms with van der Waals surface area (Å²) < 4.78 is 192. The Kier molecular flexibility index (Phi) is 2.40. The predicted molar refractivity (Wildman–Crippen MR) is 187 cm³/mol. The predicted octanol–water partition coefficient (Wildman–Crippen LogP) is 10.4. The van der Waals surface area contributed by atoms with Crippen LogP contribution in [0.3, 0.4) is 0 Å². The molecule has 0 atom stereocenters. The average Bonchev–Trinajstić information content (AvgIpc) is 3.98. The van der Waals surface area contributed by atoms with Gasteiger partial charge in [-0.05, 0) is 48.4 Å². The second-order valence-corrected chi connectivity index (χ2v) is 10.1. The van der Waals surface area contributed by atoms with Gasteiger partial charge in [-0.25, -0.2) is 4.98 Å². The minimum atomic E-state index is -0.804. The first-order chi connectivity index (χ1) is 31.1. The molecule has 45 heavy (non-hydrogen) atoms. The molecule has 0 fully saturated rings. The van der Waals surface area contributed by atoms with Crippen molar-refractivity contribution in [2.45, 2.75) is 0 Å². The van der Waals surface area contributed by atoms with Crippen molar-refractivity contribution in [1.29, 1.82) is 0 Å². The van der Waals surface area contributed by atoms with Gasteiger partial charge in [-0.15, -0.1) is 0 Å². The quantitative estimate of drug-likeness (QED) is 0.200. The molecule has 0 aliphatic heterocycles. The molecule has 0 spiro atoms. The molecule has 0 radical (unpaired) electrons. The van der Waals surface area contributed by atoms with Crippen molar-refractivity contribution in [2.75, 3.05) is 0 Å². The highest BCUT2D eigenvalue weighted by molar-refractivity contribution is 6.13. The van der Waals surface area contributed by atoms with Crippen LogP contribution < -0.4 is 0 Å². The molecular weight excluding hydrogens is 548 g/mol. The maximum Gasteiger partial charge on any atom is 0.139 e. The van der Waals surface area contributed by atoms with E-state index < -0.39 is 171 Å². The maximum atomic E-state index is 9.97. The standard InChI is InChI=1S/C41H26N4/c1-2-12-27(13-3-1)43-35-18-8-4-16-31(35)33-23-22-28(24-39(33)43)44-36-19-9-7-17-32(36)34-26-42-41(25-40(34)44)45-37-20-10-5-14-29(37)30-15-6-11-21-38(30)45/h1-26H/i4D,5D,6D,7D,8D,9D,10D,11D,14D,15D,16D,17D,18D,19D,20D,21D,22D,23D,24D,25D,26D. The Balaban J connectivity index is 1.50. The van der Waals surface area contributed by atoms with Crippen LogP contribution in [0, 0.1) is 0 Å². The second kappa shape index (κ2) is 9.18. The van der Waals surface area contributed by atoms with Crippen LogP contribution in [-0.4, -0.2) is 18.7 Å². The van der Waals surface area contributed by atoms with Gasteiger partial charge in [-0.1, -0.05) is 96.8 Å². The zero-order chi connectivity index (χ0) is 47.8. The summed E-state index contributed by atoms with van der Waals surface area (Å²) in [5.74, 6) is -0.672. The molecule has 6 aromatic carbocycles. The van der Waals surface area contributed by atoms with E-state index in [9.17, 15) is 8.22 Å². The fourth-order valence-electron chi connectivity index (χ4n) is 5.88. The Morgan fingerprint density at radius 1 is 0.400 bits per heavy atom. The summed E-state index contributed by atoms with van der Waals surface area (Å²) >= 11 is 0. The van der Waals surface area contributed by atoms with Crippen molar-refractivity contribution in [2.24, 2.45) is 0 Å². The van der Waals surface area contributed by atoms with Crippen LogP contribution in [-0.2, 0) is 0 Å². The van der Waals surface area contributed by atoms with E-state index in [1.54, 1.807) is 30.3 Å². The van der Waals surface area contributed by atoms with Crippen molar-refractivity contribution in [1.82, 2.24) is 18.7 Å². The summed E-state index contributed by atoms with van der Waals surface area (Å²) in [5.41, 5.74) is -2.61. The number of nitrogens with zero attached hydrogens (tertiary/aromatic N) is 4. The average molecular weight is 596 g/mol. The number of pyridine rings is 1. The van der Waals surface area contributed by atoms with Crippen molar-refractivity contribution < 1.29 is 28.8 Å². The molecule has 4 aromatic heterocycles. The van der Waals surface area contributed by atoms with Gasteiger partial charge in [-0.2, -0.15) is 0 Å². The molecule has 4 nitrogen and oxygen atoms in total. The summed E-state index contributed by atoms with van der Waals surface area (Å²) in [6.45, 7) is 0. The topological polar surface area (TPSA) is 27.7 Å². The highest BCUT2D eigenvalue weighted by Crippen LogP contribution is 2.38. The van der Waals surface area contributed by atoms with E-state index >= 15 is 0 Å². The highest BCUT2D eigenvalue weighted by atomic mass is 15.1. The first kappa shape index (κ1) is 11.8. The molecule has 210 valence electrons. The van der Waals surface area contributed by atoms with Crippen molar-refractivity contribution >= 4 is 65.4 Å². The summed E-state index contributed by atoms with van der Waals surface area (Å²) in [5, 5.41) is -1.97. The Morgan fingerprint density at radius 2 is 0.867 bits per heavy atom. The van der Waals surface area contributed by atoms with Gasteiger partial charge in [-0.3, -0.25) is 4.57 Å². The molecule has 4 heteroatoms. The fourth-order valence-corrected chi connectivity index (χ4v) is 5.88. The molecular formula is C41H26N4. The van der Waals surface area contributed by atoms with E-state index in [1.165, 1.54) is 4.57 Å². The smallest absolute Gasteiger partial charge is 0.139 e. The molecule has 0 saturated carbocycles. The molecule has 10 rings (SSSR count). The van der Waals surface area contributed by atoms with Gasteiger partial charge in [0, 0.05) is 55.9 Å². The van der Waals surface area contributed by atoms with Gasteiger partial charge in [0.25, 0.3) is 0 Å². The van der Waals surface area contributed by atoms with Gasteiger partial charge in [0.05, 0.1) is 61.9 Å². The third-order valence-corrected chi connectivity index (χ3v) is 7.73. The highest BCUT2D eigenvalue weighted by Gasteiger charge is 2.19. The first-order valence-electron chi connectivity index (χ1n) is 24.1. The van der Waals surface area contributed by atoms with Crippen LogP contribution in [0.15, 0.2) is 157 Å². The molecule has 10 aromatic rings. The van der Waals surface area contributed by atoms with E-state index in [0.717, 1.165) is 9.13 Å². The Hall–Kier alpha value is -6.13. The van der Waals surface area contributed by atoms with Gasteiger partial charge in [0.2, 0.25) is 0 Å². The molecule has 4 heterocycles. The fraction of sp³-hybridized carbons (Fsp3) is 0. The number of hydrogen-bond donors (Lipinski definition) is 0. The zero-order valence-corrected chi connectivity index (χ0v) is 22.7. The van der Waals surface area contributed by atoms with Crippen molar-refractivity contribution in [3.63, 3.8) is 0 Å². The van der Waals surface area contributed by atoms with Crippen LogP contribution in [0.4, 0.5) is 0 Å². The molecule has 0 N–H and O–H groups in total. The minimum absolute atomic E-state index is 0.147. The SMILES string of the molecule is [2H]c1c([2H])c([2H])c2c(c1[2H])c1c([2H])c([2H])c(-n3c4c([2H])c(-n5c6c([2H])c([2H])c([2H])c([2H])c6c6c([2H])c([2H])c([2H])c([2H])c65)nc([2H])c4c4c([2H])c([2H])c([2H])c([2H])c43)c([2H])c1n2-c1ccccc1. The largest absolute Gasteiger partial charge is 0.309 e. The van der Waals surface area contributed by atoms with Crippen molar-refractivity contribution in [3.8, 4) is 17.2 Å². The first-order valence-corrected chi connectivity index (χ1v) is 13.6. The van der Waals surface area contributed by atoms with Gasteiger partial charge < -0.3 is 9.13 Å². The van der Waals surface area contributed by atoms with Gasteiger partial charge >= 0.3 is 0 Å². The van der Waals surface area contributed by atoms with Crippen LogP contribution in [0.25, 0.3) is 82.6 Å². The number of rotatable bonds is 3. The van der Waals surface area contributed by atoms with Crippen LogP contribution >= 0.6 is 0 Å². The maximum absolute atomic E-state index is 9.97. The normalized spacial score (nSPS) is 18.5. The van der Waals surface area contributed by atoms with E-state index in [-0.39, 0.29) is 38.3 Å². The molecule has 0 saturated heterocycles. The van der Waals surface area contributed by atoms with Gasteiger partial charge in [0.1, 0.15) is 5.82 Å². The lowest BCUT2D eigenvalue weighted by atomic mass is 10.1. The third-order valence-electron chi connectivity index (χ3n) is 7.73. The Morgan fingerprint density at radius 3 is 1.47 bits per heavy atom. The molecule has 0 amide bonds. The third kappa shape index (κ3) is 3.39. The van der Waals surface area contributed by atoms with Crippen LogP contribution in [0.5, 0.6) is 0 Å². The lowest BCUT2D eigenvalue weighted by Gasteiger charge is -2.12. The van der Waals surface area contributed by atoms with Crippen LogP contribution in [0.2, 0.25) is 0 Å². The molecule has 0 aliphatic rings. The summed E-state index contributed by atoms with van der Waals surface area (Å²) in [7, 11) is 0. The molecule has 0 aliphatic carbocycles. The lowest BCUT2D eigenvalue weighted by Crippen LogP contribution is -1.99. The lowest BCUT2D eigenvalue weighted by molar-refractivity contribution is 1.08. The van der Waals surface area contributed by atoms with Crippen LogP contribution in [0.1, 0.15) is 28.8 Å². The summed E-state index contributed by atoms with van der Waals surface area (Å²) in [6.07, 6.45) is -0.797. The summed E-state index contributed by atoms with van der Waals surface area (Å²) in [6, 6.07) is -6.24. The van der Waals surface area contributed by atoms with Crippen molar-refractivity contribution in [3.05, 3.63) is 157 Å².